The highest BCUT2D eigenvalue weighted by Crippen LogP contribution is 2.18. The van der Waals surface area contributed by atoms with E-state index in [9.17, 15) is 9.59 Å². The molecule has 0 radical (unpaired) electrons. The third-order valence-corrected chi connectivity index (χ3v) is 3.64. The average Bonchev–Trinajstić information content (AvgIpc) is 2.17. The summed E-state index contributed by atoms with van der Waals surface area (Å²) in [7, 11) is 0. The van der Waals surface area contributed by atoms with E-state index in [0.717, 1.165) is 12.8 Å². The summed E-state index contributed by atoms with van der Waals surface area (Å²) >= 11 is 1.60. The molecule has 0 aromatic carbocycles. The second kappa shape index (κ2) is 7.67. The van der Waals surface area contributed by atoms with Crippen LogP contribution in [0, 0.1) is 0 Å². The van der Waals surface area contributed by atoms with Crippen LogP contribution in [0.5, 0.6) is 0 Å². The summed E-state index contributed by atoms with van der Waals surface area (Å²) in [5.41, 5.74) is 0. The number of carboxylic acid groups (broad SMARTS) is 1. The Kier molecular flexibility index (Phi) is 7.28. The van der Waals surface area contributed by atoms with Crippen LogP contribution in [0.1, 0.15) is 26.7 Å². The van der Waals surface area contributed by atoms with Gasteiger partial charge in [-0.1, -0.05) is 13.8 Å². The van der Waals surface area contributed by atoms with Gasteiger partial charge >= 0.3 is 5.97 Å². The largest absolute Gasteiger partial charge is 0.480 e. The first-order chi connectivity index (χ1) is 6.65. The molecular formula is C9H17NO3S. The molecule has 0 aliphatic rings. The van der Waals surface area contributed by atoms with Gasteiger partial charge in [0.25, 0.3) is 0 Å². The Labute approximate surface area is 88.4 Å². The van der Waals surface area contributed by atoms with E-state index < -0.39 is 12.0 Å². The van der Waals surface area contributed by atoms with E-state index in [1.54, 1.807) is 11.8 Å². The van der Waals surface area contributed by atoms with Crippen molar-refractivity contribution in [1.29, 1.82) is 0 Å². The summed E-state index contributed by atoms with van der Waals surface area (Å²) in [4.78, 5) is 20.8. The Morgan fingerprint density at radius 3 is 2.43 bits per heavy atom. The second-order valence-corrected chi connectivity index (χ2v) is 4.28. The molecule has 0 heterocycles. The van der Waals surface area contributed by atoms with Gasteiger partial charge in [-0.05, 0) is 12.8 Å². The minimum absolute atomic E-state index is 0.431. The molecule has 1 amide bonds. The molecule has 0 aromatic rings. The average molecular weight is 219 g/mol. The topological polar surface area (TPSA) is 66.4 Å². The van der Waals surface area contributed by atoms with Gasteiger partial charge in [0.2, 0.25) is 6.41 Å². The molecule has 0 saturated heterocycles. The van der Waals surface area contributed by atoms with Crippen molar-refractivity contribution in [1.82, 2.24) is 5.32 Å². The van der Waals surface area contributed by atoms with Gasteiger partial charge in [-0.2, -0.15) is 11.8 Å². The van der Waals surface area contributed by atoms with Crippen molar-refractivity contribution >= 4 is 24.1 Å². The third-order valence-electron chi connectivity index (χ3n) is 1.98. The van der Waals surface area contributed by atoms with E-state index in [1.165, 1.54) is 0 Å². The molecule has 2 N–H and O–H groups in total. The van der Waals surface area contributed by atoms with Crippen molar-refractivity contribution < 1.29 is 14.7 Å². The molecule has 0 spiro atoms. The van der Waals surface area contributed by atoms with Crippen LogP contribution in [0.25, 0.3) is 0 Å². The van der Waals surface area contributed by atoms with E-state index >= 15 is 0 Å². The maximum atomic E-state index is 10.6. The van der Waals surface area contributed by atoms with Crippen LogP contribution in [-0.2, 0) is 9.59 Å². The van der Waals surface area contributed by atoms with Crippen LogP contribution >= 0.6 is 11.8 Å². The van der Waals surface area contributed by atoms with Gasteiger partial charge in [0.1, 0.15) is 6.04 Å². The van der Waals surface area contributed by atoms with Crippen LogP contribution in [0.15, 0.2) is 0 Å². The maximum Gasteiger partial charge on any atom is 0.327 e. The Hall–Kier alpha value is -0.710. The van der Waals surface area contributed by atoms with E-state index in [2.05, 4.69) is 19.2 Å². The van der Waals surface area contributed by atoms with Crippen molar-refractivity contribution in [3.05, 3.63) is 0 Å². The van der Waals surface area contributed by atoms with Gasteiger partial charge in [0.15, 0.2) is 0 Å². The van der Waals surface area contributed by atoms with Gasteiger partial charge in [-0.25, -0.2) is 4.79 Å². The highest BCUT2D eigenvalue weighted by atomic mass is 32.2. The summed E-state index contributed by atoms with van der Waals surface area (Å²) in [5, 5.41) is 11.5. The molecule has 0 saturated carbocycles. The highest BCUT2D eigenvalue weighted by molar-refractivity contribution is 7.99. The number of nitrogens with one attached hydrogen (secondary N) is 1. The predicted octanol–water partition coefficient (Wildman–Crippen LogP) is 1.11. The first kappa shape index (κ1) is 13.3. The molecule has 14 heavy (non-hydrogen) atoms. The first-order valence-electron chi connectivity index (χ1n) is 4.69. The van der Waals surface area contributed by atoms with E-state index in [0.29, 0.717) is 17.4 Å². The lowest BCUT2D eigenvalue weighted by Crippen LogP contribution is -2.38. The summed E-state index contributed by atoms with van der Waals surface area (Å²) < 4.78 is 0. The molecule has 0 rings (SSSR count). The zero-order chi connectivity index (χ0) is 11.0. The van der Waals surface area contributed by atoms with Gasteiger partial charge in [0.05, 0.1) is 0 Å². The number of rotatable bonds is 8. The Bertz CT molecular complexity index is 183. The normalized spacial score (nSPS) is 12.5. The standard InChI is InChI=1S/C9H17NO3S/c1-3-7(4-2)14-5-8(9(12)13)10-6-11/h6-8H,3-5H2,1-2H3,(H,10,11)(H,12,13). The van der Waals surface area contributed by atoms with Crippen molar-refractivity contribution in [2.24, 2.45) is 0 Å². The fourth-order valence-corrected chi connectivity index (χ4v) is 2.20. The van der Waals surface area contributed by atoms with Gasteiger partial charge in [-0.15, -0.1) is 0 Å². The zero-order valence-corrected chi connectivity index (χ0v) is 9.34. The number of carbonyl (C=O) groups excluding carboxylic acids is 1. The number of hydrogen-bond acceptors (Lipinski definition) is 3. The minimum atomic E-state index is -0.976. The summed E-state index contributed by atoms with van der Waals surface area (Å²) in [5.74, 6) is -0.545. The van der Waals surface area contributed by atoms with Crippen LogP contribution in [-0.4, -0.2) is 34.5 Å². The number of hydrogen-bond donors (Lipinski definition) is 2. The Morgan fingerprint density at radius 1 is 1.50 bits per heavy atom. The fraction of sp³-hybridized carbons (Fsp3) is 0.778. The SMILES string of the molecule is CCC(CC)SCC(NC=O)C(=O)O. The fourth-order valence-electron chi connectivity index (χ4n) is 1.03. The number of amides is 1. The van der Waals surface area contributed by atoms with Gasteiger partial charge in [0, 0.05) is 11.0 Å². The lowest BCUT2D eigenvalue weighted by Gasteiger charge is -2.15. The molecular weight excluding hydrogens is 202 g/mol. The number of carbonyl (C=O) groups is 2. The molecule has 82 valence electrons. The Morgan fingerprint density at radius 2 is 2.07 bits per heavy atom. The first-order valence-corrected chi connectivity index (χ1v) is 5.74. The van der Waals surface area contributed by atoms with Gasteiger partial charge in [-0.3, -0.25) is 4.79 Å². The predicted molar refractivity (Wildman–Crippen MR) is 57.5 cm³/mol. The highest BCUT2D eigenvalue weighted by Gasteiger charge is 2.17. The summed E-state index contributed by atoms with van der Waals surface area (Å²) in [6, 6.07) is -0.766. The van der Waals surface area contributed by atoms with Crippen molar-refractivity contribution in [2.75, 3.05) is 5.75 Å². The molecule has 1 unspecified atom stereocenters. The molecule has 5 heteroatoms. The van der Waals surface area contributed by atoms with Gasteiger partial charge < -0.3 is 10.4 Å². The summed E-state index contributed by atoms with van der Waals surface area (Å²) in [6.45, 7) is 4.15. The summed E-state index contributed by atoms with van der Waals surface area (Å²) in [6.07, 6.45) is 2.48. The second-order valence-electron chi connectivity index (χ2n) is 2.95. The number of thioether (sulfide) groups is 1. The van der Waals surface area contributed by atoms with Crippen LogP contribution in [0.3, 0.4) is 0 Å². The molecule has 0 bridgehead atoms. The molecule has 0 fully saturated rings. The maximum absolute atomic E-state index is 10.6. The smallest absolute Gasteiger partial charge is 0.327 e. The van der Waals surface area contributed by atoms with Crippen LogP contribution < -0.4 is 5.32 Å². The zero-order valence-electron chi connectivity index (χ0n) is 8.53. The van der Waals surface area contributed by atoms with E-state index in [1.807, 2.05) is 0 Å². The Balaban J connectivity index is 3.91. The number of carboxylic acids is 1. The van der Waals surface area contributed by atoms with Crippen molar-refractivity contribution in [3.8, 4) is 0 Å². The van der Waals surface area contributed by atoms with E-state index in [-0.39, 0.29) is 0 Å². The van der Waals surface area contributed by atoms with Crippen LogP contribution in [0.2, 0.25) is 0 Å². The third kappa shape index (κ3) is 5.11. The van der Waals surface area contributed by atoms with Crippen LogP contribution in [0.4, 0.5) is 0 Å². The lowest BCUT2D eigenvalue weighted by atomic mass is 10.3. The molecule has 0 aliphatic heterocycles. The van der Waals surface area contributed by atoms with Crippen molar-refractivity contribution in [2.45, 2.75) is 38.0 Å². The monoisotopic (exact) mass is 219 g/mol. The molecule has 4 nitrogen and oxygen atoms in total. The molecule has 0 aromatic heterocycles. The van der Waals surface area contributed by atoms with E-state index in [4.69, 9.17) is 5.11 Å². The molecule has 0 aliphatic carbocycles. The number of aliphatic carboxylic acids is 1. The quantitative estimate of drug-likeness (QED) is 0.600. The molecule has 1 atom stereocenters. The minimum Gasteiger partial charge on any atom is -0.480 e. The van der Waals surface area contributed by atoms with Crippen molar-refractivity contribution in [3.63, 3.8) is 0 Å². The lowest BCUT2D eigenvalue weighted by molar-refractivity contribution is -0.139.